The van der Waals surface area contributed by atoms with E-state index in [0.29, 0.717) is 5.92 Å². The van der Waals surface area contributed by atoms with Gasteiger partial charge >= 0.3 is 0 Å². The van der Waals surface area contributed by atoms with Crippen LogP contribution in [0.2, 0.25) is 0 Å². The maximum absolute atomic E-state index is 11.5. The van der Waals surface area contributed by atoms with Crippen molar-refractivity contribution in [1.29, 1.82) is 0 Å². The summed E-state index contributed by atoms with van der Waals surface area (Å²) in [6.45, 7) is 6.09. The van der Waals surface area contributed by atoms with E-state index in [9.17, 15) is 8.42 Å². The first kappa shape index (κ1) is 14.8. The molecule has 1 aliphatic carbocycles. The molecule has 0 N–H and O–H groups in total. The van der Waals surface area contributed by atoms with Gasteiger partial charge in [0.2, 0.25) is 0 Å². The summed E-state index contributed by atoms with van der Waals surface area (Å²) in [4.78, 5) is 0. The largest absolute Gasteiger partial charge is 0.298 e. The van der Waals surface area contributed by atoms with Crippen molar-refractivity contribution in [1.82, 2.24) is 14.8 Å². The summed E-state index contributed by atoms with van der Waals surface area (Å²) in [5.74, 6) is 1.79. The Hall–Kier alpha value is -0.620. The number of nitrogens with zero attached hydrogens (tertiary/aromatic N) is 3. The molecule has 0 unspecified atom stereocenters. The molecule has 19 heavy (non-hydrogen) atoms. The summed E-state index contributed by atoms with van der Waals surface area (Å²) < 4.78 is 24.8. The van der Waals surface area contributed by atoms with E-state index < -0.39 is 9.05 Å². The van der Waals surface area contributed by atoms with Gasteiger partial charge in [0.05, 0.1) is 0 Å². The number of aromatic nitrogens is 3. The van der Waals surface area contributed by atoms with E-state index in [1.807, 2.05) is 13.8 Å². The van der Waals surface area contributed by atoms with Crippen LogP contribution in [-0.4, -0.2) is 23.2 Å². The monoisotopic (exact) mass is 305 g/mol. The first-order chi connectivity index (χ1) is 8.80. The summed E-state index contributed by atoms with van der Waals surface area (Å²) in [7, 11) is 1.59. The van der Waals surface area contributed by atoms with Crippen LogP contribution in [0.4, 0.5) is 0 Å². The lowest BCUT2D eigenvalue weighted by Gasteiger charge is -2.26. The Morgan fingerprint density at radius 2 is 1.79 bits per heavy atom. The number of hydrogen-bond donors (Lipinski definition) is 0. The summed E-state index contributed by atoms with van der Waals surface area (Å²) in [6, 6.07) is -0.0205. The molecule has 0 aliphatic heterocycles. The zero-order valence-corrected chi connectivity index (χ0v) is 13.1. The molecule has 0 amide bonds. The van der Waals surface area contributed by atoms with Gasteiger partial charge in [-0.2, -0.15) is 0 Å². The molecule has 0 spiro atoms. The predicted molar refractivity (Wildman–Crippen MR) is 73.8 cm³/mol. The number of halogens is 1. The van der Waals surface area contributed by atoms with Crippen molar-refractivity contribution in [2.24, 2.45) is 5.92 Å². The zero-order chi connectivity index (χ0) is 14.2. The van der Waals surface area contributed by atoms with Crippen molar-refractivity contribution in [3.63, 3.8) is 0 Å². The Labute approximate surface area is 118 Å². The van der Waals surface area contributed by atoms with Gasteiger partial charge in [0.15, 0.2) is 0 Å². The van der Waals surface area contributed by atoms with Crippen LogP contribution >= 0.6 is 10.7 Å². The van der Waals surface area contributed by atoms with Gasteiger partial charge in [-0.05, 0) is 32.6 Å². The van der Waals surface area contributed by atoms with E-state index in [1.54, 1.807) is 4.57 Å². The second-order valence-corrected chi connectivity index (χ2v) is 8.16. The third kappa shape index (κ3) is 3.11. The maximum atomic E-state index is 11.5. The fourth-order valence-electron chi connectivity index (χ4n) is 2.74. The van der Waals surface area contributed by atoms with Crippen LogP contribution in [0.25, 0.3) is 0 Å². The topological polar surface area (TPSA) is 64.8 Å². The third-order valence-corrected chi connectivity index (χ3v) is 4.93. The van der Waals surface area contributed by atoms with E-state index in [1.165, 1.54) is 0 Å². The maximum Gasteiger partial charge on any atom is 0.296 e. The molecule has 0 aromatic carbocycles. The van der Waals surface area contributed by atoms with Crippen LogP contribution in [0.1, 0.15) is 64.2 Å². The minimum Gasteiger partial charge on any atom is -0.298 e. The average Bonchev–Trinajstić information content (AvgIpc) is 2.74. The number of rotatable bonds is 3. The second kappa shape index (κ2) is 5.40. The summed E-state index contributed by atoms with van der Waals surface area (Å²) >= 11 is 0. The lowest BCUT2D eigenvalue weighted by atomic mass is 9.82. The van der Waals surface area contributed by atoms with Gasteiger partial charge in [-0.25, -0.2) is 8.42 Å². The molecule has 5 nitrogen and oxygen atoms in total. The third-order valence-electron chi connectivity index (χ3n) is 3.81. The molecule has 1 aliphatic rings. The van der Waals surface area contributed by atoms with E-state index in [2.05, 4.69) is 17.1 Å². The van der Waals surface area contributed by atoms with Crippen molar-refractivity contribution in [3.05, 3.63) is 5.82 Å². The smallest absolute Gasteiger partial charge is 0.296 e. The molecule has 1 heterocycles. The molecule has 108 valence electrons. The summed E-state index contributed by atoms with van der Waals surface area (Å²) in [6.07, 6.45) is 4.37. The van der Waals surface area contributed by atoms with Crippen LogP contribution in [0.3, 0.4) is 0 Å². The standard InChI is InChI=1S/C12H20ClN3O2S/c1-8(2)16-11(10-6-4-9(3)5-7-10)14-15-12(16)19(13,17)18/h8-10H,4-7H2,1-3H3. The Kier molecular flexibility index (Phi) is 4.20. The fraction of sp³-hybridized carbons (Fsp3) is 0.833. The van der Waals surface area contributed by atoms with Crippen LogP contribution in [0, 0.1) is 5.92 Å². The van der Waals surface area contributed by atoms with Gasteiger partial charge in [-0.15, -0.1) is 10.2 Å². The Morgan fingerprint density at radius 3 is 2.26 bits per heavy atom. The predicted octanol–water partition coefficient (Wildman–Crippen LogP) is 3.08. The van der Waals surface area contributed by atoms with Crippen molar-refractivity contribution >= 4 is 19.7 Å². The summed E-state index contributed by atoms with van der Waals surface area (Å²) in [5.41, 5.74) is 0. The van der Waals surface area contributed by atoms with Crippen molar-refractivity contribution in [2.75, 3.05) is 0 Å². The van der Waals surface area contributed by atoms with Gasteiger partial charge < -0.3 is 0 Å². The molecule has 1 saturated carbocycles. The van der Waals surface area contributed by atoms with Gasteiger partial charge in [0, 0.05) is 22.6 Å². The van der Waals surface area contributed by atoms with Gasteiger partial charge in [-0.3, -0.25) is 4.57 Å². The quantitative estimate of drug-likeness (QED) is 0.805. The van der Waals surface area contributed by atoms with Crippen molar-refractivity contribution < 1.29 is 8.42 Å². The lowest BCUT2D eigenvalue weighted by Crippen LogP contribution is -2.18. The molecule has 0 radical (unpaired) electrons. The molecular weight excluding hydrogens is 286 g/mol. The lowest BCUT2D eigenvalue weighted by molar-refractivity contribution is 0.328. The molecule has 1 fully saturated rings. The highest BCUT2D eigenvalue weighted by atomic mass is 35.7. The second-order valence-electron chi connectivity index (χ2n) is 5.70. The fourth-order valence-corrected chi connectivity index (χ4v) is 3.73. The van der Waals surface area contributed by atoms with Crippen molar-refractivity contribution in [3.8, 4) is 0 Å². The van der Waals surface area contributed by atoms with Crippen LogP contribution in [0.15, 0.2) is 5.16 Å². The molecule has 2 rings (SSSR count). The highest BCUT2D eigenvalue weighted by molar-refractivity contribution is 8.13. The van der Waals surface area contributed by atoms with Crippen LogP contribution in [0.5, 0.6) is 0 Å². The normalized spacial score (nSPS) is 24.9. The minimum atomic E-state index is -3.85. The number of hydrogen-bond acceptors (Lipinski definition) is 4. The Bertz CT molecular complexity index is 545. The van der Waals surface area contributed by atoms with E-state index in [4.69, 9.17) is 10.7 Å². The Balaban J connectivity index is 2.39. The molecule has 1 aromatic rings. The van der Waals surface area contributed by atoms with Gasteiger partial charge in [-0.1, -0.05) is 19.8 Å². The van der Waals surface area contributed by atoms with Gasteiger partial charge in [0.25, 0.3) is 14.2 Å². The minimum absolute atomic E-state index is 0.0205. The first-order valence-electron chi connectivity index (χ1n) is 6.70. The molecule has 0 saturated heterocycles. The van der Waals surface area contributed by atoms with E-state index in [-0.39, 0.29) is 11.2 Å². The molecule has 1 aromatic heterocycles. The summed E-state index contributed by atoms with van der Waals surface area (Å²) in [5, 5.41) is 7.77. The first-order valence-corrected chi connectivity index (χ1v) is 9.01. The van der Waals surface area contributed by atoms with E-state index in [0.717, 1.165) is 37.4 Å². The SMILES string of the molecule is CC1CCC(c2nnc(S(=O)(=O)Cl)n2C(C)C)CC1. The van der Waals surface area contributed by atoms with Crippen LogP contribution in [-0.2, 0) is 9.05 Å². The van der Waals surface area contributed by atoms with Gasteiger partial charge in [0.1, 0.15) is 5.82 Å². The van der Waals surface area contributed by atoms with Crippen molar-refractivity contribution in [2.45, 2.75) is 63.6 Å². The molecule has 0 atom stereocenters. The highest BCUT2D eigenvalue weighted by Gasteiger charge is 2.30. The average molecular weight is 306 g/mol. The van der Waals surface area contributed by atoms with Crippen LogP contribution < -0.4 is 0 Å². The molecule has 0 bridgehead atoms. The zero-order valence-electron chi connectivity index (χ0n) is 11.5. The molecule has 7 heteroatoms. The van der Waals surface area contributed by atoms with E-state index >= 15 is 0 Å². The highest BCUT2D eigenvalue weighted by Crippen LogP contribution is 2.36. The molecular formula is C12H20ClN3O2S. The Morgan fingerprint density at radius 1 is 1.21 bits per heavy atom.